The number of hydrogen-bond donors (Lipinski definition) is 1. The quantitative estimate of drug-likeness (QED) is 0.866. The minimum atomic E-state index is 0.520. The molecule has 112 valence electrons. The van der Waals surface area contributed by atoms with Crippen LogP contribution in [0.25, 0.3) is 0 Å². The van der Waals surface area contributed by atoms with Crippen LogP contribution in [0.4, 0.5) is 11.5 Å². The average molecular weight is 278 g/mol. The molecule has 1 heterocycles. The Kier molecular flexibility index (Phi) is 5.44. The number of anilines is 2. The van der Waals surface area contributed by atoms with E-state index in [1.807, 2.05) is 0 Å². The number of aromatic nitrogens is 2. The van der Waals surface area contributed by atoms with E-state index in [-0.39, 0.29) is 0 Å². The largest absolute Gasteiger partial charge is 0.476 e. The smallest absolute Gasteiger partial charge is 0.242 e. The van der Waals surface area contributed by atoms with Crippen LogP contribution in [0, 0.1) is 0 Å². The summed E-state index contributed by atoms with van der Waals surface area (Å²) in [4.78, 5) is 10.9. The summed E-state index contributed by atoms with van der Waals surface area (Å²) in [6, 6.07) is 0.546. The molecule has 0 bridgehead atoms. The summed E-state index contributed by atoms with van der Waals surface area (Å²) in [5.41, 5.74) is 6.79. The van der Waals surface area contributed by atoms with Crippen molar-refractivity contribution < 1.29 is 4.74 Å². The van der Waals surface area contributed by atoms with Crippen molar-refractivity contribution in [3.05, 3.63) is 6.33 Å². The maximum atomic E-state index is 6.22. The molecule has 0 atom stereocenters. The van der Waals surface area contributed by atoms with Crippen LogP contribution < -0.4 is 15.4 Å². The van der Waals surface area contributed by atoms with Gasteiger partial charge in [-0.15, -0.1) is 0 Å². The Hall–Kier alpha value is -1.52. The molecular formula is C15H26N4O. The van der Waals surface area contributed by atoms with E-state index >= 15 is 0 Å². The summed E-state index contributed by atoms with van der Waals surface area (Å²) in [6.07, 6.45) is 8.89. The van der Waals surface area contributed by atoms with Gasteiger partial charge in [-0.3, -0.25) is 0 Å². The van der Waals surface area contributed by atoms with E-state index in [1.165, 1.54) is 32.1 Å². The van der Waals surface area contributed by atoms with Gasteiger partial charge in [0.1, 0.15) is 12.0 Å². The number of ether oxygens (including phenoxy) is 1. The third-order valence-corrected chi connectivity index (χ3v) is 3.90. The van der Waals surface area contributed by atoms with E-state index in [0.29, 0.717) is 24.2 Å². The molecule has 1 aliphatic carbocycles. The Morgan fingerprint density at radius 3 is 2.65 bits per heavy atom. The SMILES string of the molecule is CCCOc1ncnc(N(CC)C2CCCCC2)c1N. The van der Waals surface area contributed by atoms with Crippen molar-refractivity contribution in [2.75, 3.05) is 23.8 Å². The first kappa shape index (κ1) is 14.9. The van der Waals surface area contributed by atoms with Crippen LogP contribution in [0.2, 0.25) is 0 Å². The van der Waals surface area contributed by atoms with Gasteiger partial charge in [0.05, 0.1) is 6.61 Å². The molecule has 2 rings (SSSR count). The summed E-state index contributed by atoms with van der Waals surface area (Å²) in [5.74, 6) is 1.35. The van der Waals surface area contributed by atoms with Crippen molar-refractivity contribution in [3.8, 4) is 5.88 Å². The Morgan fingerprint density at radius 2 is 2.00 bits per heavy atom. The second-order valence-corrected chi connectivity index (χ2v) is 5.34. The third-order valence-electron chi connectivity index (χ3n) is 3.90. The van der Waals surface area contributed by atoms with Crippen molar-refractivity contribution in [1.29, 1.82) is 0 Å². The summed E-state index contributed by atoms with van der Waals surface area (Å²) in [6.45, 7) is 5.77. The molecule has 0 saturated heterocycles. The molecule has 20 heavy (non-hydrogen) atoms. The van der Waals surface area contributed by atoms with Crippen molar-refractivity contribution >= 4 is 11.5 Å². The fourth-order valence-electron chi connectivity index (χ4n) is 2.89. The van der Waals surface area contributed by atoms with Crippen LogP contribution >= 0.6 is 0 Å². The molecule has 1 aliphatic rings. The molecule has 0 aliphatic heterocycles. The summed E-state index contributed by atoms with van der Waals surface area (Å²) >= 11 is 0. The summed E-state index contributed by atoms with van der Waals surface area (Å²) in [5, 5.41) is 0. The van der Waals surface area contributed by atoms with E-state index < -0.39 is 0 Å². The van der Waals surface area contributed by atoms with E-state index in [9.17, 15) is 0 Å². The lowest BCUT2D eigenvalue weighted by molar-refractivity contribution is 0.306. The van der Waals surface area contributed by atoms with Crippen molar-refractivity contribution in [3.63, 3.8) is 0 Å². The lowest BCUT2D eigenvalue weighted by Crippen LogP contribution is -2.37. The number of nitrogen functional groups attached to an aromatic ring is 1. The monoisotopic (exact) mass is 278 g/mol. The summed E-state index contributed by atoms with van der Waals surface area (Å²) < 4.78 is 5.61. The van der Waals surface area contributed by atoms with Gasteiger partial charge < -0.3 is 15.4 Å². The third kappa shape index (κ3) is 3.32. The minimum absolute atomic E-state index is 0.520. The standard InChI is InChI=1S/C15H26N4O/c1-3-10-20-15-13(16)14(17-11-18-15)19(4-2)12-8-6-5-7-9-12/h11-12H,3-10,16H2,1-2H3. The molecule has 0 unspecified atom stereocenters. The van der Waals surface area contributed by atoms with Crippen molar-refractivity contribution in [2.45, 2.75) is 58.4 Å². The Morgan fingerprint density at radius 1 is 1.25 bits per heavy atom. The van der Waals surface area contributed by atoms with Gasteiger partial charge in [0, 0.05) is 12.6 Å². The normalized spacial score (nSPS) is 16.1. The zero-order valence-corrected chi connectivity index (χ0v) is 12.6. The van der Waals surface area contributed by atoms with E-state index in [0.717, 1.165) is 18.8 Å². The first-order valence-electron chi connectivity index (χ1n) is 7.77. The first-order valence-corrected chi connectivity index (χ1v) is 7.77. The number of hydrogen-bond acceptors (Lipinski definition) is 5. The highest BCUT2D eigenvalue weighted by Gasteiger charge is 2.24. The Balaban J connectivity index is 2.20. The maximum absolute atomic E-state index is 6.22. The van der Waals surface area contributed by atoms with Gasteiger partial charge >= 0.3 is 0 Å². The average Bonchev–Trinajstić information content (AvgIpc) is 2.49. The van der Waals surface area contributed by atoms with Crippen LogP contribution in [-0.2, 0) is 0 Å². The van der Waals surface area contributed by atoms with E-state index in [4.69, 9.17) is 10.5 Å². The lowest BCUT2D eigenvalue weighted by atomic mass is 9.94. The maximum Gasteiger partial charge on any atom is 0.242 e. The van der Waals surface area contributed by atoms with E-state index in [2.05, 4.69) is 28.7 Å². The lowest BCUT2D eigenvalue weighted by Gasteiger charge is -2.35. The molecule has 0 amide bonds. The Bertz CT molecular complexity index is 418. The van der Waals surface area contributed by atoms with Gasteiger partial charge in [0.2, 0.25) is 5.88 Å². The van der Waals surface area contributed by atoms with Gasteiger partial charge in [-0.2, -0.15) is 4.98 Å². The van der Waals surface area contributed by atoms with Gasteiger partial charge in [-0.25, -0.2) is 4.98 Å². The van der Waals surface area contributed by atoms with Crippen LogP contribution in [-0.4, -0.2) is 29.2 Å². The van der Waals surface area contributed by atoms with Crippen LogP contribution in [0.15, 0.2) is 6.33 Å². The molecule has 0 aromatic carbocycles. The molecule has 1 aromatic heterocycles. The molecule has 0 radical (unpaired) electrons. The molecular weight excluding hydrogens is 252 g/mol. The van der Waals surface area contributed by atoms with Crippen molar-refractivity contribution in [2.24, 2.45) is 0 Å². The van der Waals surface area contributed by atoms with E-state index in [1.54, 1.807) is 6.33 Å². The fourth-order valence-corrected chi connectivity index (χ4v) is 2.89. The van der Waals surface area contributed by atoms with Crippen molar-refractivity contribution in [1.82, 2.24) is 9.97 Å². The van der Waals surface area contributed by atoms with Crippen LogP contribution in [0.3, 0.4) is 0 Å². The van der Waals surface area contributed by atoms with Gasteiger partial charge in [-0.05, 0) is 26.2 Å². The first-order chi connectivity index (χ1) is 9.77. The number of nitrogens with two attached hydrogens (primary N) is 1. The predicted molar refractivity (Wildman–Crippen MR) is 82.1 cm³/mol. The highest BCUT2D eigenvalue weighted by molar-refractivity contribution is 5.68. The summed E-state index contributed by atoms with van der Waals surface area (Å²) in [7, 11) is 0. The molecule has 5 heteroatoms. The highest BCUT2D eigenvalue weighted by Crippen LogP contribution is 2.32. The van der Waals surface area contributed by atoms with Gasteiger partial charge in [0.25, 0.3) is 0 Å². The van der Waals surface area contributed by atoms with Crippen LogP contribution in [0.1, 0.15) is 52.4 Å². The highest BCUT2D eigenvalue weighted by atomic mass is 16.5. The Labute approximate surface area is 121 Å². The minimum Gasteiger partial charge on any atom is -0.476 e. The molecule has 1 fully saturated rings. The number of rotatable bonds is 6. The zero-order valence-electron chi connectivity index (χ0n) is 12.6. The van der Waals surface area contributed by atoms with Crippen LogP contribution in [0.5, 0.6) is 5.88 Å². The number of nitrogens with zero attached hydrogens (tertiary/aromatic N) is 3. The molecule has 2 N–H and O–H groups in total. The van der Waals surface area contributed by atoms with Gasteiger partial charge in [0.15, 0.2) is 5.82 Å². The zero-order chi connectivity index (χ0) is 14.4. The second-order valence-electron chi connectivity index (χ2n) is 5.34. The van der Waals surface area contributed by atoms with Gasteiger partial charge in [-0.1, -0.05) is 26.2 Å². The molecule has 5 nitrogen and oxygen atoms in total. The molecule has 1 saturated carbocycles. The molecule has 1 aromatic rings. The second kappa shape index (κ2) is 7.31. The fraction of sp³-hybridized carbons (Fsp3) is 0.733. The topological polar surface area (TPSA) is 64.3 Å². The molecule has 0 spiro atoms. The predicted octanol–water partition coefficient (Wildman–Crippen LogP) is 3.01.